The van der Waals surface area contributed by atoms with Gasteiger partial charge in [0.1, 0.15) is 16.1 Å². The maximum atomic E-state index is 12.4. The number of pyridine rings is 1. The molecule has 5 nitrogen and oxygen atoms in total. The van der Waals surface area contributed by atoms with E-state index in [-0.39, 0.29) is 6.10 Å². The summed E-state index contributed by atoms with van der Waals surface area (Å²) in [5, 5.41) is 0. The maximum Gasteiger partial charge on any atom is 0.252 e. The van der Waals surface area contributed by atoms with Crippen LogP contribution in [-0.2, 0) is 16.4 Å². The topological polar surface area (TPSA) is 59.5 Å². The van der Waals surface area contributed by atoms with Gasteiger partial charge in [-0.05, 0) is 30.7 Å². The van der Waals surface area contributed by atoms with Gasteiger partial charge in [0.25, 0.3) is 10.0 Å². The van der Waals surface area contributed by atoms with Crippen molar-refractivity contribution in [3.63, 3.8) is 0 Å². The summed E-state index contributed by atoms with van der Waals surface area (Å²) in [6.07, 6.45) is 4.05. The number of thiophene rings is 1. The van der Waals surface area contributed by atoms with Crippen molar-refractivity contribution in [1.82, 2.24) is 9.29 Å². The Kier molecular flexibility index (Phi) is 3.97. The minimum Gasteiger partial charge on any atom is -0.486 e. The smallest absolute Gasteiger partial charge is 0.252 e. The minimum atomic E-state index is -3.36. The highest BCUT2D eigenvalue weighted by molar-refractivity contribution is 7.91. The van der Waals surface area contributed by atoms with Crippen LogP contribution in [0.5, 0.6) is 5.75 Å². The first kappa shape index (κ1) is 14.5. The Labute approximate surface area is 128 Å². The van der Waals surface area contributed by atoms with Crippen molar-refractivity contribution in [2.24, 2.45) is 0 Å². The number of rotatable bonds is 5. The van der Waals surface area contributed by atoms with E-state index in [4.69, 9.17) is 4.74 Å². The third-order valence-corrected chi connectivity index (χ3v) is 6.86. The zero-order valence-corrected chi connectivity index (χ0v) is 13.2. The third kappa shape index (κ3) is 2.95. The summed E-state index contributed by atoms with van der Waals surface area (Å²) in [6.45, 7) is 2.79. The first-order chi connectivity index (χ1) is 10.1. The van der Waals surface area contributed by atoms with E-state index in [1.807, 2.05) is 19.1 Å². The summed E-state index contributed by atoms with van der Waals surface area (Å²) in [5.41, 5.74) is 0. The molecule has 1 saturated heterocycles. The summed E-state index contributed by atoms with van der Waals surface area (Å²) in [6, 6.07) is 7.17. The van der Waals surface area contributed by atoms with Crippen molar-refractivity contribution >= 4 is 21.4 Å². The van der Waals surface area contributed by atoms with Crippen LogP contribution < -0.4 is 4.74 Å². The Morgan fingerprint density at radius 1 is 1.38 bits per heavy atom. The molecule has 0 amide bonds. The average Bonchev–Trinajstić information content (AvgIpc) is 2.93. The molecule has 3 heterocycles. The number of aromatic nitrogens is 1. The lowest BCUT2D eigenvalue weighted by atomic mass is 10.2. The predicted octanol–water partition coefficient (Wildman–Crippen LogP) is 2.16. The van der Waals surface area contributed by atoms with Crippen LogP contribution in [0.4, 0.5) is 0 Å². The predicted molar refractivity (Wildman–Crippen MR) is 81.1 cm³/mol. The lowest BCUT2D eigenvalue weighted by molar-refractivity contribution is 0.0760. The zero-order chi connectivity index (χ0) is 14.9. The van der Waals surface area contributed by atoms with Crippen LogP contribution in [0.1, 0.15) is 11.8 Å². The van der Waals surface area contributed by atoms with E-state index in [2.05, 4.69) is 4.98 Å². The van der Waals surface area contributed by atoms with E-state index in [0.29, 0.717) is 23.0 Å². The Balaban J connectivity index is 1.62. The third-order valence-electron chi connectivity index (χ3n) is 3.33. The van der Waals surface area contributed by atoms with Gasteiger partial charge in [0.2, 0.25) is 0 Å². The number of hydrogen-bond donors (Lipinski definition) is 0. The first-order valence-electron chi connectivity index (χ1n) is 6.75. The second kappa shape index (κ2) is 5.75. The summed E-state index contributed by atoms with van der Waals surface area (Å²) in [4.78, 5) is 5.05. The van der Waals surface area contributed by atoms with Gasteiger partial charge < -0.3 is 4.74 Å². The molecular formula is C14H16N2O3S2. The maximum absolute atomic E-state index is 12.4. The van der Waals surface area contributed by atoms with Crippen LogP contribution in [0.2, 0.25) is 0 Å². The normalized spacial score (nSPS) is 16.6. The molecule has 1 aliphatic rings. The number of sulfonamides is 1. The summed E-state index contributed by atoms with van der Waals surface area (Å²) < 4.78 is 32.4. The van der Waals surface area contributed by atoms with Gasteiger partial charge in [-0.2, -0.15) is 4.31 Å². The molecule has 7 heteroatoms. The lowest BCUT2D eigenvalue weighted by Crippen LogP contribution is -2.55. The summed E-state index contributed by atoms with van der Waals surface area (Å²) in [5.74, 6) is 0.670. The number of hydrogen-bond acceptors (Lipinski definition) is 5. The molecule has 0 unspecified atom stereocenters. The molecule has 0 aliphatic carbocycles. The van der Waals surface area contributed by atoms with E-state index in [0.717, 1.165) is 11.3 Å². The minimum absolute atomic E-state index is 0.102. The number of aryl methyl sites for hydroxylation is 1. The van der Waals surface area contributed by atoms with Crippen LogP contribution in [0.3, 0.4) is 0 Å². The zero-order valence-electron chi connectivity index (χ0n) is 11.6. The van der Waals surface area contributed by atoms with Crippen molar-refractivity contribution in [3.8, 4) is 5.75 Å². The van der Waals surface area contributed by atoms with E-state index >= 15 is 0 Å². The molecule has 3 rings (SSSR count). The molecule has 0 aromatic carbocycles. The summed E-state index contributed by atoms with van der Waals surface area (Å²) in [7, 11) is -3.36. The molecule has 0 spiro atoms. The highest BCUT2D eigenvalue weighted by Crippen LogP contribution is 2.29. The molecule has 1 aliphatic heterocycles. The van der Waals surface area contributed by atoms with E-state index in [9.17, 15) is 8.42 Å². The second-order valence-electron chi connectivity index (χ2n) is 4.82. The number of ether oxygens (including phenoxy) is 1. The average molecular weight is 324 g/mol. The highest BCUT2D eigenvalue weighted by atomic mass is 32.2. The Morgan fingerprint density at radius 3 is 2.81 bits per heavy atom. The van der Waals surface area contributed by atoms with Crippen LogP contribution >= 0.6 is 11.3 Å². The second-order valence-corrected chi connectivity index (χ2v) is 8.16. The van der Waals surface area contributed by atoms with Gasteiger partial charge >= 0.3 is 0 Å². The van der Waals surface area contributed by atoms with E-state index in [1.165, 1.54) is 15.6 Å². The molecule has 0 radical (unpaired) electrons. The standard InChI is InChI=1S/C14H16N2O3S2/c1-2-13-5-6-14(20-13)21(17,18)16-9-12(10-16)19-11-4-3-7-15-8-11/h3-8,12H,2,9-10H2,1H3. The van der Waals surface area contributed by atoms with Gasteiger partial charge in [-0.1, -0.05) is 6.92 Å². The first-order valence-corrected chi connectivity index (χ1v) is 9.01. The van der Waals surface area contributed by atoms with Gasteiger partial charge in [-0.25, -0.2) is 8.42 Å². The van der Waals surface area contributed by atoms with Gasteiger partial charge in [0, 0.05) is 11.1 Å². The van der Waals surface area contributed by atoms with Crippen LogP contribution in [-0.4, -0.2) is 36.9 Å². The summed E-state index contributed by atoms with van der Waals surface area (Å²) >= 11 is 1.34. The molecule has 2 aromatic rings. The molecule has 0 bridgehead atoms. The van der Waals surface area contributed by atoms with E-state index < -0.39 is 10.0 Å². The molecule has 0 saturated carbocycles. The van der Waals surface area contributed by atoms with E-state index in [1.54, 1.807) is 24.5 Å². The fourth-order valence-electron chi connectivity index (χ4n) is 2.09. The lowest BCUT2D eigenvalue weighted by Gasteiger charge is -2.37. The van der Waals surface area contributed by atoms with Crippen LogP contribution in [0, 0.1) is 0 Å². The molecule has 0 N–H and O–H groups in total. The molecule has 1 fully saturated rings. The Bertz CT molecular complexity index is 707. The van der Waals surface area contributed by atoms with Gasteiger partial charge in [0.15, 0.2) is 0 Å². The van der Waals surface area contributed by atoms with Crippen molar-refractivity contribution in [2.45, 2.75) is 23.7 Å². The number of nitrogens with zero attached hydrogens (tertiary/aromatic N) is 2. The molecule has 21 heavy (non-hydrogen) atoms. The Hall–Kier alpha value is -1.44. The van der Waals surface area contributed by atoms with Crippen molar-refractivity contribution < 1.29 is 13.2 Å². The fraction of sp³-hybridized carbons (Fsp3) is 0.357. The molecule has 112 valence electrons. The fourth-order valence-corrected chi connectivity index (χ4v) is 5.05. The van der Waals surface area contributed by atoms with Gasteiger partial charge in [-0.15, -0.1) is 11.3 Å². The molecule has 0 atom stereocenters. The SMILES string of the molecule is CCc1ccc(S(=O)(=O)N2CC(Oc3cccnc3)C2)s1. The quantitative estimate of drug-likeness (QED) is 0.845. The van der Waals surface area contributed by atoms with Crippen molar-refractivity contribution in [3.05, 3.63) is 41.5 Å². The van der Waals surface area contributed by atoms with Crippen molar-refractivity contribution in [2.75, 3.05) is 13.1 Å². The monoisotopic (exact) mass is 324 g/mol. The molecular weight excluding hydrogens is 308 g/mol. The van der Waals surface area contributed by atoms with Crippen molar-refractivity contribution in [1.29, 1.82) is 0 Å². The van der Waals surface area contributed by atoms with Crippen LogP contribution in [0.25, 0.3) is 0 Å². The largest absolute Gasteiger partial charge is 0.486 e. The van der Waals surface area contributed by atoms with Gasteiger partial charge in [-0.3, -0.25) is 4.98 Å². The van der Waals surface area contributed by atoms with Crippen LogP contribution in [0.15, 0.2) is 40.9 Å². The Morgan fingerprint density at radius 2 is 2.19 bits per heavy atom. The molecule has 2 aromatic heterocycles. The highest BCUT2D eigenvalue weighted by Gasteiger charge is 2.38. The van der Waals surface area contributed by atoms with Gasteiger partial charge in [0.05, 0.1) is 19.3 Å².